The Hall–Kier alpha value is -1.84. The lowest BCUT2D eigenvalue weighted by molar-refractivity contribution is -0.138. The van der Waals surface area contributed by atoms with E-state index in [9.17, 15) is 9.59 Å². The van der Waals surface area contributed by atoms with Crippen LogP contribution < -0.4 is 5.32 Å². The van der Waals surface area contributed by atoms with Crippen LogP contribution in [0.1, 0.15) is 29.5 Å². The molecule has 0 heterocycles. The molecule has 92 valence electrons. The van der Waals surface area contributed by atoms with Crippen molar-refractivity contribution in [1.82, 2.24) is 0 Å². The maximum Gasteiger partial charge on any atom is 0.303 e. The number of anilines is 1. The Morgan fingerprint density at radius 3 is 2.24 bits per heavy atom. The summed E-state index contributed by atoms with van der Waals surface area (Å²) in [5.41, 5.74) is 4.01. The second-order valence-electron chi connectivity index (χ2n) is 4.19. The number of carboxylic acid groups (broad SMARTS) is 1. The normalized spacial score (nSPS) is 10.1. The molecule has 0 saturated carbocycles. The molecule has 0 spiro atoms. The van der Waals surface area contributed by atoms with Crippen molar-refractivity contribution in [2.24, 2.45) is 0 Å². The van der Waals surface area contributed by atoms with Crippen molar-refractivity contribution in [3.05, 3.63) is 28.8 Å². The zero-order valence-electron chi connectivity index (χ0n) is 10.3. The van der Waals surface area contributed by atoms with E-state index >= 15 is 0 Å². The molecular formula is C13H17NO3. The van der Waals surface area contributed by atoms with E-state index < -0.39 is 5.97 Å². The topological polar surface area (TPSA) is 66.4 Å². The Balaban J connectivity index is 2.71. The van der Waals surface area contributed by atoms with E-state index in [1.54, 1.807) is 0 Å². The molecule has 0 aliphatic carbocycles. The lowest BCUT2D eigenvalue weighted by Crippen LogP contribution is -2.14. The summed E-state index contributed by atoms with van der Waals surface area (Å²) in [4.78, 5) is 21.8. The number of carbonyl (C=O) groups is 2. The Labute approximate surface area is 101 Å². The van der Waals surface area contributed by atoms with E-state index in [2.05, 4.69) is 5.32 Å². The molecule has 0 aliphatic heterocycles. The van der Waals surface area contributed by atoms with Crippen molar-refractivity contribution in [1.29, 1.82) is 0 Å². The van der Waals surface area contributed by atoms with Crippen LogP contribution in [0.4, 0.5) is 5.69 Å². The zero-order valence-corrected chi connectivity index (χ0v) is 10.3. The third-order valence-electron chi connectivity index (χ3n) is 2.68. The van der Waals surface area contributed by atoms with E-state index in [0.29, 0.717) is 0 Å². The molecule has 4 nitrogen and oxygen atoms in total. The third kappa shape index (κ3) is 3.90. The summed E-state index contributed by atoms with van der Waals surface area (Å²) in [6.45, 7) is 5.90. The minimum Gasteiger partial charge on any atom is -0.481 e. The number of aliphatic carboxylic acids is 1. The van der Waals surface area contributed by atoms with Crippen molar-refractivity contribution in [3.63, 3.8) is 0 Å². The average molecular weight is 235 g/mol. The lowest BCUT2D eigenvalue weighted by Gasteiger charge is -2.11. The fourth-order valence-electron chi connectivity index (χ4n) is 1.53. The number of benzene rings is 1. The molecule has 1 rings (SSSR count). The molecule has 0 unspecified atom stereocenters. The van der Waals surface area contributed by atoms with Gasteiger partial charge < -0.3 is 10.4 Å². The van der Waals surface area contributed by atoms with Crippen molar-refractivity contribution in [2.75, 3.05) is 5.32 Å². The molecule has 0 fully saturated rings. The summed E-state index contributed by atoms with van der Waals surface area (Å²) in [5, 5.41) is 11.2. The second kappa shape index (κ2) is 5.48. The molecule has 1 aromatic carbocycles. The third-order valence-corrected chi connectivity index (χ3v) is 2.68. The zero-order chi connectivity index (χ0) is 13.0. The minimum absolute atomic E-state index is 0.00168. The number of hydrogen-bond donors (Lipinski definition) is 2. The first-order valence-corrected chi connectivity index (χ1v) is 5.49. The number of aryl methyl sites for hydroxylation is 3. The monoisotopic (exact) mass is 235 g/mol. The van der Waals surface area contributed by atoms with Crippen LogP contribution in [0.2, 0.25) is 0 Å². The van der Waals surface area contributed by atoms with Crippen LogP contribution in [0.5, 0.6) is 0 Å². The van der Waals surface area contributed by atoms with E-state index in [1.807, 2.05) is 32.9 Å². The van der Waals surface area contributed by atoms with E-state index in [1.165, 1.54) is 5.56 Å². The molecule has 1 amide bonds. The molecule has 0 radical (unpaired) electrons. The Morgan fingerprint density at radius 2 is 1.65 bits per heavy atom. The predicted octanol–water partition coefficient (Wildman–Crippen LogP) is 2.42. The van der Waals surface area contributed by atoms with E-state index in [0.717, 1.165) is 16.8 Å². The number of carboxylic acids is 1. The number of rotatable bonds is 4. The Morgan fingerprint density at radius 1 is 1.06 bits per heavy atom. The molecule has 4 heteroatoms. The van der Waals surface area contributed by atoms with Crippen LogP contribution in [0.15, 0.2) is 12.1 Å². The Kier molecular flexibility index (Phi) is 4.26. The maximum absolute atomic E-state index is 11.5. The van der Waals surface area contributed by atoms with Crippen LogP contribution in [-0.2, 0) is 9.59 Å². The minimum atomic E-state index is -0.961. The molecule has 0 atom stereocenters. The van der Waals surface area contributed by atoms with E-state index in [-0.39, 0.29) is 18.7 Å². The van der Waals surface area contributed by atoms with E-state index in [4.69, 9.17) is 5.11 Å². The quantitative estimate of drug-likeness (QED) is 0.842. The first-order chi connectivity index (χ1) is 7.90. The number of nitrogens with one attached hydrogen (secondary N) is 1. The highest BCUT2D eigenvalue weighted by Gasteiger charge is 2.08. The molecule has 0 aliphatic rings. The summed E-state index contributed by atoms with van der Waals surface area (Å²) >= 11 is 0. The van der Waals surface area contributed by atoms with Gasteiger partial charge in [0.15, 0.2) is 0 Å². The fourth-order valence-corrected chi connectivity index (χ4v) is 1.53. The van der Waals surface area contributed by atoms with Gasteiger partial charge in [0.05, 0.1) is 6.42 Å². The molecule has 0 saturated heterocycles. The van der Waals surface area contributed by atoms with Gasteiger partial charge in [-0.05, 0) is 43.5 Å². The van der Waals surface area contributed by atoms with Gasteiger partial charge in [0.2, 0.25) is 5.91 Å². The summed E-state index contributed by atoms with van der Waals surface area (Å²) in [6, 6.07) is 3.91. The van der Waals surface area contributed by atoms with Gasteiger partial charge in [-0.1, -0.05) is 6.07 Å². The smallest absolute Gasteiger partial charge is 0.303 e. The first-order valence-electron chi connectivity index (χ1n) is 5.49. The van der Waals surface area contributed by atoms with Gasteiger partial charge in [-0.2, -0.15) is 0 Å². The van der Waals surface area contributed by atoms with Gasteiger partial charge in [-0.25, -0.2) is 0 Å². The highest BCUT2D eigenvalue weighted by molar-refractivity contribution is 5.93. The molecule has 2 N–H and O–H groups in total. The Bertz CT molecular complexity index is 452. The second-order valence-corrected chi connectivity index (χ2v) is 4.19. The number of carbonyl (C=O) groups excluding carboxylic acids is 1. The molecular weight excluding hydrogens is 218 g/mol. The fraction of sp³-hybridized carbons (Fsp3) is 0.385. The van der Waals surface area contributed by atoms with Gasteiger partial charge in [-0.15, -0.1) is 0 Å². The van der Waals surface area contributed by atoms with Gasteiger partial charge in [0.1, 0.15) is 0 Å². The van der Waals surface area contributed by atoms with Gasteiger partial charge in [0, 0.05) is 12.1 Å². The predicted molar refractivity (Wildman–Crippen MR) is 66.2 cm³/mol. The highest BCUT2D eigenvalue weighted by Crippen LogP contribution is 2.20. The van der Waals surface area contributed by atoms with Crippen LogP contribution in [0.3, 0.4) is 0 Å². The summed E-state index contributed by atoms with van der Waals surface area (Å²) < 4.78 is 0. The van der Waals surface area contributed by atoms with Crippen LogP contribution >= 0.6 is 0 Å². The first kappa shape index (κ1) is 13.2. The lowest BCUT2D eigenvalue weighted by atomic mass is 10.0. The largest absolute Gasteiger partial charge is 0.481 e. The number of hydrogen-bond acceptors (Lipinski definition) is 2. The average Bonchev–Trinajstić information content (AvgIpc) is 2.23. The summed E-state index contributed by atoms with van der Waals surface area (Å²) in [5.74, 6) is -1.23. The van der Waals surface area contributed by atoms with Gasteiger partial charge >= 0.3 is 5.97 Å². The maximum atomic E-state index is 11.5. The summed E-state index contributed by atoms with van der Waals surface area (Å²) in [7, 11) is 0. The van der Waals surface area contributed by atoms with Crippen LogP contribution in [0.25, 0.3) is 0 Å². The van der Waals surface area contributed by atoms with Crippen molar-refractivity contribution in [2.45, 2.75) is 33.6 Å². The van der Waals surface area contributed by atoms with Crippen LogP contribution in [0, 0.1) is 20.8 Å². The molecule has 17 heavy (non-hydrogen) atoms. The van der Waals surface area contributed by atoms with Crippen LogP contribution in [-0.4, -0.2) is 17.0 Å². The molecule has 0 bridgehead atoms. The van der Waals surface area contributed by atoms with Gasteiger partial charge in [-0.3, -0.25) is 9.59 Å². The van der Waals surface area contributed by atoms with Gasteiger partial charge in [0.25, 0.3) is 0 Å². The van der Waals surface area contributed by atoms with Crippen molar-refractivity contribution in [3.8, 4) is 0 Å². The van der Waals surface area contributed by atoms with Crippen molar-refractivity contribution >= 4 is 17.6 Å². The van der Waals surface area contributed by atoms with Crippen molar-refractivity contribution < 1.29 is 14.7 Å². The number of amides is 1. The summed E-state index contributed by atoms with van der Waals surface area (Å²) in [6.07, 6.45) is -0.141. The highest BCUT2D eigenvalue weighted by atomic mass is 16.4. The molecule has 1 aromatic rings. The molecule has 0 aromatic heterocycles. The standard InChI is InChI=1S/C13H17NO3/c1-8-6-10(3)11(7-9(8)2)14-12(15)4-5-13(16)17/h6-7H,4-5H2,1-3H3,(H,14,15)(H,16,17). The SMILES string of the molecule is Cc1cc(C)c(NC(=O)CCC(=O)O)cc1C.